The maximum Gasteiger partial charge on any atom is 0.277 e. The van der Waals surface area contributed by atoms with Crippen LogP contribution < -0.4 is 10.2 Å². The average Bonchev–Trinajstić information content (AvgIpc) is 3.49. The Kier molecular flexibility index (Phi) is 6.73. The second kappa shape index (κ2) is 9.87. The predicted molar refractivity (Wildman–Crippen MR) is 147 cm³/mol. The van der Waals surface area contributed by atoms with Gasteiger partial charge in [-0.2, -0.15) is 0 Å². The number of oxazole rings is 1. The lowest BCUT2D eigenvalue weighted by Crippen LogP contribution is -2.37. The van der Waals surface area contributed by atoms with E-state index in [0.717, 1.165) is 54.2 Å². The van der Waals surface area contributed by atoms with Gasteiger partial charge >= 0.3 is 0 Å². The predicted octanol–water partition coefficient (Wildman–Crippen LogP) is 5.27. The molecule has 0 spiro atoms. The van der Waals surface area contributed by atoms with Crippen molar-refractivity contribution in [3.63, 3.8) is 0 Å². The minimum atomic E-state index is -0.758. The summed E-state index contributed by atoms with van der Waals surface area (Å²) in [6, 6.07) is 5.71. The lowest BCUT2D eigenvalue weighted by molar-refractivity contribution is 0.0711. The number of nitrogens with one attached hydrogen (secondary N) is 1. The number of aliphatic hydroxyl groups is 1. The molecule has 1 fully saturated rings. The van der Waals surface area contributed by atoms with Crippen LogP contribution in [0.15, 0.2) is 47.5 Å². The van der Waals surface area contributed by atoms with Crippen LogP contribution in [-0.2, 0) is 6.42 Å². The van der Waals surface area contributed by atoms with Gasteiger partial charge in [0, 0.05) is 49.0 Å². The first-order valence-electron chi connectivity index (χ1n) is 13.1. The number of imidazole rings is 1. The van der Waals surface area contributed by atoms with E-state index in [-0.39, 0.29) is 11.6 Å². The van der Waals surface area contributed by atoms with Crippen LogP contribution in [0.5, 0.6) is 0 Å². The monoisotopic (exact) mass is 516 g/mol. The molecule has 1 amide bonds. The summed E-state index contributed by atoms with van der Waals surface area (Å²) in [5.74, 6) is 0.0340. The van der Waals surface area contributed by atoms with E-state index in [0.29, 0.717) is 29.8 Å². The summed E-state index contributed by atoms with van der Waals surface area (Å²) in [6.45, 7) is 11.9. The lowest BCUT2D eigenvalue weighted by Gasteiger charge is -2.38. The fourth-order valence-electron chi connectivity index (χ4n) is 4.72. The summed E-state index contributed by atoms with van der Waals surface area (Å²) >= 11 is 0. The molecule has 5 rings (SSSR count). The highest BCUT2D eigenvalue weighted by Gasteiger charge is 2.28. The highest BCUT2D eigenvalue weighted by molar-refractivity contribution is 6.04. The maximum absolute atomic E-state index is 13.3. The van der Waals surface area contributed by atoms with Crippen LogP contribution in [0.1, 0.15) is 68.8 Å². The third kappa shape index (κ3) is 5.88. The van der Waals surface area contributed by atoms with Crippen LogP contribution in [0.4, 0.5) is 11.4 Å². The fourth-order valence-corrected chi connectivity index (χ4v) is 4.72. The molecule has 0 bridgehead atoms. The van der Waals surface area contributed by atoms with Gasteiger partial charge in [-0.3, -0.25) is 9.78 Å². The summed E-state index contributed by atoms with van der Waals surface area (Å²) in [7, 11) is 0. The van der Waals surface area contributed by atoms with E-state index in [1.54, 1.807) is 26.1 Å². The lowest BCUT2D eigenvalue weighted by atomic mass is 9.82. The van der Waals surface area contributed by atoms with Crippen LogP contribution in [-0.4, -0.2) is 49.1 Å². The molecule has 4 aromatic rings. The van der Waals surface area contributed by atoms with E-state index in [2.05, 4.69) is 34.0 Å². The number of anilines is 2. The maximum atomic E-state index is 13.3. The molecule has 0 unspecified atom stereocenters. The van der Waals surface area contributed by atoms with Crippen LogP contribution in [0.25, 0.3) is 17.1 Å². The Bertz CT molecular complexity index is 1450. The van der Waals surface area contributed by atoms with Gasteiger partial charge in [0.05, 0.1) is 22.7 Å². The number of carbonyl (C=O) groups is 1. The molecule has 0 radical (unpaired) electrons. The number of hydrogen-bond donors (Lipinski definition) is 2. The second-order valence-corrected chi connectivity index (χ2v) is 11.7. The number of nitrogens with zero attached hydrogens (tertiary/aromatic N) is 5. The van der Waals surface area contributed by atoms with Crippen molar-refractivity contribution in [3.8, 4) is 11.5 Å². The molecule has 38 heavy (non-hydrogen) atoms. The molecule has 1 aliphatic rings. The average molecular weight is 517 g/mol. The Hall–Kier alpha value is -3.72. The molecule has 1 aliphatic heterocycles. The molecule has 200 valence electrons. The first-order valence-corrected chi connectivity index (χ1v) is 13.1. The smallest absolute Gasteiger partial charge is 0.277 e. The quantitative estimate of drug-likeness (QED) is 0.344. The van der Waals surface area contributed by atoms with Crippen molar-refractivity contribution in [3.05, 3.63) is 60.1 Å². The first-order chi connectivity index (χ1) is 18.0. The number of pyridine rings is 2. The summed E-state index contributed by atoms with van der Waals surface area (Å²) < 4.78 is 7.55. The van der Waals surface area contributed by atoms with E-state index >= 15 is 0 Å². The summed E-state index contributed by atoms with van der Waals surface area (Å²) in [5.41, 5.74) is 4.70. The van der Waals surface area contributed by atoms with E-state index in [4.69, 9.17) is 9.40 Å². The number of aromatic nitrogens is 4. The fraction of sp³-hybridized carbons (Fsp3) is 0.448. The largest absolute Gasteiger partial charge is 0.444 e. The zero-order chi connectivity index (χ0) is 27.1. The van der Waals surface area contributed by atoms with Crippen molar-refractivity contribution in [1.29, 1.82) is 0 Å². The van der Waals surface area contributed by atoms with Gasteiger partial charge < -0.3 is 24.1 Å². The highest BCUT2D eigenvalue weighted by atomic mass is 16.3. The normalized spacial score (nSPS) is 15.7. The van der Waals surface area contributed by atoms with E-state index in [9.17, 15) is 9.90 Å². The Morgan fingerprint density at radius 1 is 1.18 bits per heavy atom. The Balaban J connectivity index is 1.44. The number of rotatable bonds is 7. The van der Waals surface area contributed by atoms with Crippen molar-refractivity contribution >= 4 is 22.9 Å². The Labute approximate surface area is 222 Å². The van der Waals surface area contributed by atoms with Crippen molar-refractivity contribution in [2.24, 2.45) is 5.41 Å². The number of aryl methyl sites for hydroxylation is 2. The van der Waals surface area contributed by atoms with Gasteiger partial charge in [-0.1, -0.05) is 13.8 Å². The molecule has 0 aliphatic carbocycles. The number of amides is 1. The molecule has 9 heteroatoms. The van der Waals surface area contributed by atoms with Crippen LogP contribution in [0.3, 0.4) is 0 Å². The molecular weight excluding hydrogens is 480 g/mol. The molecule has 2 N–H and O–H groups in total. The third-order valence-electron chi connectivity index (χ3n) is 7.20. The summed E-state index contributed by atoms with van der Waals surface area (Å²) in [4.78, 5) is 29.1. The topological polar surface area (TPSA) is 109 Å². The standard InChI is InChI=1S/C29H36N6O3/c1-19-14-20(7-11-30-19)27-33-23(18-38-27)26(36)32-22-17-35-16-21(6-8-29(4,5)37)31-25(35)15-24(22)34-12-9-28(2,3)10-13-34/h7,11,14-18,37H,6,8-10,12-13H2,1-5H3,(H,32,36). The van der Waals surface area contributed by atoms with Crippen LogP contribution >= 0.6 is 0 Å². The minimum Gasteiger partial charge on any atom is -0.444 e. The second-order valence-electron chi connectivity index (χ2n) is 11.7. The van der Waals surface area contributed by atoms with Crippen molar-refractivity contribution in [2.75, 3.05) is 23.3 Å². The van der Waals surface area contributed by atoms with Crippen molar-refractivity contribution < 1.29 is 14.3 Å². The number of hydrogen-bond acceptors (Lipinski definition) is 7. The zero-order valence-corrected chi connectivity index (χ0v) is 22.8. The van der Waals surface area contributed by atoms with Gasteiger partial charge in [-0.25, -0.2) is 9.97 Å². The molecule has 4 aromatic heterocycles. The minimum absolute atomic E-state index is 0.205. The molecule has 0 aromatic carbocycles. The molecule has 5 heterocycles. The SMILES string of the molecule is Cc1cc(-c2nc(C(=O)Nc3cn4cc(CCC(C)(C)O)nc4cc3N3CCC(C)(C)CC3)co2)ccn1. The van der Waals surface area contributed by atoms with E-state index < -0.39 is 5.60 Å². The van der Waals surface area contributed by atoms with Gasteiger partial charge in [-0.05, 0) is 64.0 Å². The molecule has 1 saturated heterocycles. The summed E-state index contributed by atoms with van der Waals surface area (Å²) in [5, 5.41) is 13.2. The number of carbonyl (C=O) groups excluding carboxylic acids is 1. The van der Waals surface area contributed by atoms with Gasteiger partial charge in [0.2, 0.25) is 5.89 Å². The van der Waals surface area contributed by atoms with Gasteiger partial charge in [0.15, 0.2) is 5.69 Å². The van der Waals surface area contributed by atoms with Crippen molar-refractivity contribution in [2.45, 2.75) is 65.9 Å². The highest BCUT2D eigenvalue weighted by Crippen LogP contribution is 2.36. The molecule has 0 atom stereocenters. The Morgan fingerprint density at radius 3 is 2.66 bits per heavy atom. The number of fused-ring (bicyclic) bond motifs is 1. The Morgan fingerprint density at radius 2 is 1.95 bits per heavy atom. The van der Waals surface area contributed by atoms with Crippen LogP contribution in [0, 0.1) is 12.3 Å². The number of piperidine rings is 1. The first kappa shape index (κ1) is 25.9. The summed E-state index contributed by atoms with van der Waals surface area (Å²) in [6.07, 6.45) is 10.3. The van der Waals surface area contributed by atoms with Gasteiger partial charge in [0.25, 0.3) is 5.91 Å². The van der Waals surface area contributed by atoms with Gasteiger partial charge in [-0.15, -0.1) is 0 Å². The van der Waals surface area contributed by atoms with Crippen LogP contribution in [0.2, 0.25) is 0 Å². The molecular formula is C29H36N6O3. The van der Waals surface area contributed by atoms with Gasteiger partial charge in [0.1, 0.15) is 11.9 Å². The third-order valence-corrected chi connectivity index (χ3v) is 7.20. The van der Waals surface area contributed by atoms with E-state index in [1.165, 1.54) is 6.26 Å². The van der Waals surface area contributed by atoms with E-state index in [1.807, 2.05) is 35.9 Å². The zero-order valence-electron chi connectivity index (χ0n) is 22.8. The molecule has 9 nitrogen and oxygen atoms in total. The molecule has 0 saturated carbocycles. The van der Waals surface area contributed by atoms with Crippen molar-refractivity contribution in [1.82, 2.24) is 19.4 Å².